The van der Waals surface area contributed by atoms with Gasteiger partial charge < -0.3 is 0 Å². The highest BCUT2D eigenvalue weighted by Gasteiger charge is 2.04. The predicted molar refractivity (Wildman–Crippen MR) is 57.8 cm³/mol. The third kappa shape index (κ3) is 5.62. The molecule has 76 valence electrons. The number of unbranched alkanes of at least 4 members (excludes halogenated alkanes) is 3. The molecule has 1 heteroatoms. The molecule has 0 aromatic carbocycles. The van der Waals surface area contributed by atoms with Gasteiger partial charge >= 0.3 is 0 Å². The van der Waals surface area contributed by atoms with E-state index in [-0.39, 0.29) is 5.78 Å². The normalized spacial score (nSPS) is 9.85. The molecule has 0 radical (unpaired) electrons. The van der Waals surface area contributed by atoms with Gasteiger partial charge in [0.2, 0.25) is 0 Å². The van der Waals surface area contributed by atoms with E-state index in [1.165, 1.54) is 24.8 Å². The molecule has 1 nitrogen and oxygen atoms in total. The SMILES string of the molecule is CCCCCCC(C(C)=O)=C(C)C. The van der Waals surface area contributed by atoms with Gasteiger partial charge in [-0.05, 0) is 39.2 Å². The lowest BCUT2D eigenvalue weighted by Crippen LogP contribution is -1.99. The first kappa shape index (κ1) is 12.4. The zero-order chi connectivity index (χ0) is 10.3. The van der Waals surface area contributed by atoms with Crippen molar-refractivity contribution in [2.45, 2.75) is 59.8 Å². The van der Waals surface area contributed by atoms with E-state index in [1.54, 1.807) is 6.92 Å². The lowest BCUT2D eigenvalue weighted by atomic mass is 10.00. The number of Topliss-reactive ketones (excluding diaryl/α,β-unsaturated/α-hetero) is 1. The van der Waals surface area contributed by atoms with Crippen LogP contribution in [0.2, 0.25) is 0 Å². The first-order valence-corrected chi connectivity index (χ1v) is 5.26. The van der Waals surface area contributed by atoms with Crippen LogP contribution in [-0.4, -0.2) is 5.78 Å². The summed E-state index contributed by atoms with van der Waals surface area (Å²) in [7, 11) is 0. The molecule has 0 aliphatic carbocycles. The van der Waals surface area contributed by atoms with Crippen molar-refractivity contribution in [2.75, 3.05) is 0 Å². The molecule has 0 aliphatic rings. The minimum atomic E-state index is 0.247. The maximum atomic E-state index is 11.2. The number of allylic oxidation sites excluding steroid dienone is 2. The van der Waals surface area contributed by atoms with Crippen LogP contribution in [0, 0.1) is 0 Å². The number of hydrogen-bond donors (Lipinski definition) is 0. The van der Waals surface area contributed by atoms with Crippen LogP contribution < -0.4 is 0 Å². The zero-order valence-corrected chi connectivity index (χ0v) is 9.44. The topological polar surface area (TPSA) is 17.1 Å². The molecule has 0 saturated carbocycles. The summed E-state index contributed by atoms with van der Waals surface area (Å²) in [5.74, 6) is 0.247. The fourth-order valence-electron chi connectivity index (χ4n) is 1.51. The Morgan fingerprint density at radius 2 is 1.62 bits per heavy atom. The smallest absolute Gasteiger partial charge is 0.155 e. The van der Waals surface area contributed by atoms with E-state index in [4.69, 9.17) is 0 Å². The van der Waals surface area contributed by atoms with Crippen LogP contribution in [0.1, 0.15) is 59.8 Å². The lowest BCUT2D eigenvalue weighted by molar-refractivity contribution is -0.113. The molecule has 0 amide bonds. The molecular formula is C12H22O. The Kier molecular flexibility index (Phi) is 6.56. The second-order valence-corrected chi connectivity index (χ2v) is 3.85. The summed E-state index contributed by atoms with van der Waals surface area (Å²) in [6, 6.07) is 0. The minimum Gasteiger partial charge on any atom is -0.295 e. The Balaban J connectivity index is 3.87. The molecule has 0 unspecified atom stereocenters. The highest BCUT2D eigenvalue weighted by Crippen LogP contribution is 2.14. The Morgan fingerprint density at radius 1 is 1.00 bits per heavy atom. The quantitative estimate of drug-likeness (QED) is 0.450. The summed E-state index contributed by atoms with van der Waals surface area (Å²) < 4.78 is 0. The molecule has 0 N–H and O–H groups in total. The average Bonchev–Trinajstić information content (AvgIpc) is 2.02. The first-order valence-electron chi connectivity index (χ1n) is 5.26. The molecule has 0 bridgehead atoms. The van der Waals surface area contributed by atoms with Crippen LogP contribution in [0.15, 0.2) is 11.1 Å². The van der Waals surface area contributed by atoms with E-state index in [0.29, 0.717) is 0 Å². The van der Waals surface area contributed by atoms with Gasteiger partial charge in [0.05, 0.1) is 0 Å². The highest BCUT2D eigenvalue weighted by molar-refractivity contribution is 5.93. The molecule has 0 aromatic rings. The summed E-state index contributed by atoms with van der Waals surface area (Å²) in [6.07, 6.45) is 5.92. The van der Waals surface area contributed by atoms with Crippen LogP contribution in [0.4, 0.5) is 0 Å². The number of hydrogen-bond acceptors (Lipinski definition) is 1. The third-order valence-corrected chi connectivity index (χ3v) is 2.31. The molecule has 0 spiro atoms. The van der Waals surface area contributed by atoms with E-state index in [0.717, 1.165) is 18.4 Å². The largest absolute Gasteiger partial charge is 0.295 e. The highest BCUT2D eigenvalue weighted by atomic mass is 16.1. The number of carbonyl (C=O) groups is 1. The maximum Gasteiger partial charge on any atom is 0.155 e. The zero-order valence-electron chi connectivity index (χ0n) is 9.44. The monoisotopic (exact) mass is 182 g/mol. The number of carbonyl (C=O) groups excluding carboxylic acids is 1. The van der Waals surface area contributed by atoms with Crippen molar-refractivity contribution >= 4 is 5.78 Å². The predicted octanol–water partition coefficient (Wildman–Crippen LogP) is 3.88. The van der Waals surface area contributed by atoms with Crippen LogP contribution >= 0.6 is 0 Å². The van der Waals surface area contributed by atoms with Crippen LogP contribution in [0.5, 0.6) is 0 Å². The second kappa shape index (κ2) is 6.88. The van der Waals surface area contributed by atoms with E-state index in [9.17, 15) is 4.79 Å². The van der Waals surface area contributed by atoms with Gasteiger partial charge in [0.1, 0.15) is 0 Å². The van der Waals surface area contributed by atoms with Crippen molar-refractivity contribution in [1.29, 1.82) is 0 Å². The van der Waals surface area contributed by atoms with Crippen LogP contribution in [0.25, 0.3) is 0 Å². The van der Waals surface area contributed by atoms with Crippen molar-refractivity contribution < 1.29 is 4.79 Å². The van der Waals surface area contributed by atoms with Crippen LogP contribution in [-0.2, 0) is 4.79 Å². The van der Waals surface area contributed by atoms with Crippen LogP contribution in [0.3, 0.4) is 0 Å². The third-order valence-electron chi connectivity index (χ3n) is 2.31. The van der Waals surface area contributed by atoms with Crippen molar-refractivity contribution in [3.8, 4) is 0 Å². The van der Waals surface area contributed by atoms with Gasteiger partial charge in [0.25, 0.3) is 0 Å². The van der Waals surface area contributed by atoms with Crippen molar-refractivity contribution in [3.05, 3.63) is 11.1 Å². The van der Waals surface area contributed by atoms with Crippen molar-refractivity contribution in [2.24, 2.45) is 0 Å². The molecule has 0 rings (SSSR count). The van der Waals surface area contributed by atoms with Gasteiger partial charge in [-0.3, -0.25) is 4.79 Å². The Morgan fingerprint density at radius 3 is 2.00 bits per heavy atom. The van der Waals surface area contributed by atoms with Gasteiger partial charge in [-0.2, -0.15) is 0 Å². The summed E-state index contributed by atoms with van der Waals surface area (Å²) >= 11 is 0. The molecule has 0 atom stereocenters. The van der Waals surface area contributed by atoms with E-state index in [2.05, 4.69) is 6.92 Å². The molecule has 0 aliphatic heterocycles. The second-order valence-electron chi connectivity index (χ2n) is 3.85. The van der Waals surface area contributed by atoms with Crippen molar-refractivity contribution in [3.63, 3.8) is 0 Å². The number of ketones is 1. The fraction of sp³-hybridized carbons (Fsp3) is 0.750. The standard InChI is InChI=1S/C12H22O/c1-5-6-7-8-9-12(10(2)3)11(4)13/h5-9H2,1-4H3. The van der Waals surface area contributed by atoms with E-state index >= 15 is 0 Å². The maximum absolute atomic E-state index is 11.2. The Hall–Kier alpha value is -0.590. The molecular weight excluding hydrogens is 160 g/mol. The summed E-state index contributed by atoms with van der Waals surface area (Å²) in [5.41, 5.74) is 2.22. The lowest BCUT2D eigenvalue weighted by Gasteiger charge is -2.05. The van der Waals surface area contributed by atoms with Crippen molar-refractivity contribution in [1.82, 2.24) is 0 Å². The molecule has 13 heavy (non-hydrogen) atoms. The molecule has 0 saturated heterocycles. The van der Waals surface area contributed by atoms with E-state index in [1.807, 2.05) is 13.8 Å². The molecule has 0 heterocycles. The molecule has 0 aromatic heterocycles. The van der Waals surface area contributed by atoms with E-state index < -0.39 is 0 Å². The van der Waals surface area contributed by atoms with Gasteiger partial charge in [-0.15, -0.1) is 0 Å². The minimum absolute atomic E-state index is 0.247. The van der Waals surface area contributed by atoms with Gasteiger partial charge in [0, 0.05) is 0 Å². The number of rotatable bonds is 6. The first-order chi connectivity index (χ1) is 6.09. The fourth-order valence-corrected chi connectivity index (χ4v) is 1.51. The van der Waals surface area contributed by atoms with Gasteiger partial charge in [0.15, 0.2) is 5.78 Å². The van der Waals surface area contributed by atoms with Gasteiger partial charge in [-0.25, -0.2) is 0 Å². The Labute approximate surface area is 82.2 Å². The van der Waals surface area contributed by atoms with Gasteiger partial charge in [-0.1, -0.05) is 31.8 Å². The average molecular weight is 182 g/mol. The molecule has 0 fully saturated rings. The summed E-state index contributed by atoms with van der Waals surface area (Å²) in [5, 5.41) is 0. The Bertz CT molecular complexity index is 185. The summed E-state index contributed by atoms with van der Waals surface area (Å²) in [6.45, 7) is 7.92. The summed E-state index contributed by atoms with van der Waals surface area (Å²) in [4.78, 5) is 11.2.